The fourth-order valence-electron chi connectivity index (χ4n) is 2.73. The summed E-state index contributed by atoms with van der Waals surface area (Å²) in [5, 5.41) is 3.10. The number of hydrogen-bond donors (Lipinski definition) is 1. The Kier molecular flexibility index (Phi) is 4.80. The predicted molar refractivity (Wildman–Crippen MR) is 66.8 cm³/mol. The van der Waals surface area contributed by atoms with E-state index in [-0.39, 0.29) is 11.8 Å². The van der Waals surface area contributed by atoms with Gasteiger partial charge in [-0.05, 0) is 19.8 Å². The lowest BCUT2D eigenvalue weighted by Gasteiger charge is -2.32. The van der Waals surface area contributed by atoms with E-state index in [1.807, 2.05) is 0 Å². The second kappa shape index (κ2) is 6.36. The van der Waals surface area contributed by atoms with E-state index in [4.69, 9.17) is 4.74 Å². The van der Waals surface area contributed by atoms with Crippen LogP contribution in [0.2, 0.25) is 0 Å². The first kappa shape index (κ1) is 12.8. The van der Waals surface area contributed by atoms with Crippen molar-refractivity contribution >= 4 is 5.91 Å². The van der Waals surface area contributed by atoms with E-state index in [1.54, 1.807) is 0 Å². The van der Waals surface area contributed by atoms with Gasteiger partial charge in [-0.15, -0.1) is 0 Å². The zero-order valence-electron chi connectivity index (χ0n) is 10.8. The summed E-state index contributed by atoms with van der Waals surface area (Å²) in [5.41, 5.74) is 0. The second-order valence-electron chi connectivity index (χ2n) is 5.22. The zero-order chi connectivity index (χ0) is 12.1. The van der Waals surface area contributed by atoms with Crippen molar-refractivity contribution in [2.24, 2.45) is 5.92 Å². The third-order valence-electron chi connectivity index (χ3n) is 3.97. The number of nitrogens with zero attached hydrogens (tertiary/aromatic N) is 1. The first-order valence-electron chi connectivity index (χ1n) is 6.87. The SMILES string of the molecule is C[C@@H](CNC(=O)C1CCCC1)N1CCOCC1. The molecule has 1 N–H and O–H groups in total. The topological polar surface area (TPSA) is 41.6 Å². The molecule has 1 saturated carbocycles. The van der Waals surface area contributed by atoms with Crippen LogP contribution < -0.4 is 5.32 Å². The Labute approximate surface area is 104 Å². The molecule has 4 nitrogen and oxygen atoms in total. The molecule has 2 rings (SSSR count). The van der Waals surface area contributed by atoms with E-state index in [9.17, 15) is 4.79 Å². The van der Waals surface area contributed by atoms with E-state index in [2.05, 4.69) is 17.1 Å². The van der Waals surface area contributed by atoms with Gasteiger partial charge in [-0.1, -0.05) is 12.8 Å². The van der Waals surface area contributed by atoms with Crippen LogP contribution in [-0.4, -0.2) is 49.7 Å². The van der Waals surface area contributed by atoms with Crippen molar-refractivity contribution in [1.82, 2.24) is 10.2 Å². The molecule has 4 heteroatoms. The van der Waals surface area contributed by atoms with Crippen LogP contribution in [0.25, 0.3) is 0 Å². The minimum Gasteiger partial charge on any atom is -0.379 e. The molecule has 0 aromatic carbocycles. The van der Waals surface area contributed by atoms with Gasteiger partial charge >= 0.3 is 0 Å². The molecule has 0 radical (unpaired) electrons. The van der Waals surface area contributed by atoms with Crippen LogP contribution in [0.1, 0.15) is 32.6 Å². The lowest BCUT2D eigenvalue weighted by Crippen LogP contribution is -2.47. The van der Waals surface area contributed by atoms with Crippen LogP contribution in [0.15, 0.2) is 0 Å². The summed E-state index contributed by atoms with van der Waals surface area (Å²) in [6.07, 6.45) is 4.60. The number of carbonyl (C=O) groups excluding carboxylic acids is 1. The van der Waals surface area contributed by atoms with Crippen LogP contribution in [0.5, 0.6) is 0 Å². The lowest BCUT2D eigenvalue weighted by atomic mass is 10.1. The van der Waals surface area contributed by atoms with E-state index in [0.29, 0.717) is 6.04 Å². The molecular formula is C13H24N2O2. The Morgan fingerprint density at radius 1 is 1.35 bits per heavy atom. The fraction of sp³-hybridized carbons (Fsp3) is 0.923. The molecule has 98 valence electrons. The molecule has 1 heterocycles. The molecule has 1 atom stereocenters. The van der Waals surface area contributed by atoms with Gasteiger partial charge in [-0.3, -0.25) is 9.69 Å². The molecule has 0 unspecified atom stereocenters. The maximum atomic E-state index is 11.9. The van der Waals surface area contributed by atoms with Crippen molar-refractivity contribution in [2.75, 3.05) is 32.8 Å². The van der Waals surface area contributed by atoms with Crippen molar-refractivity contribution in [3.63, 3.8) is 0 Å². The Hall–Kier alpha value is -0.610. The Morgan fingerprint density at radius 3 is 2.65 bits per heavy atom. The maximum absolute atomic E-state index is 11.9. The first-order valence-corrected chi connectivity index (χ1v) is 6.87. The monoisotopic (exact) mass is 240 g/mol. The van der Waals surface area contributed by atoms with Gasteiger partial charge < -0.3 is 10.1 Å². The molecule has 1 aliphatic heterocycles. The lowest BCUT2D eigenvalue weighted by molar-refractivity contribution is -0.125. The van der Waals surface area contributed by atoms with Gasteiger partial charge in [0.25, 0.3) is 0 Å². The number of ether oxygens (including phenoxy) is 1. The molecular weight excluding hydrogens is 216 g/mol. The predicted octanol–water partition coefficient (Wildman–Crippen LogP) is 1.01. The van der Waals surface area contributed by atoms with E-state index in [1.165, 1.54) is 12.8 Å². The van der Waals surface area contributed by atoms with Crippen molar-refractivity contribution in [3.8, 4) is 0 Å². The smallest absolute Gasteiger partial charge is 0.223 e. The number of carbonyl (C=O) groups is 1. The van der Waals surface area contributed by atoms with Crippen molar-refractivity contribution in [3.05, 3.63) is 0 Å². The average Bonchev–Trinajstić information content (AvgIpc) is 2.90. The number of morpholine rings is 1. The summed E-state index contributed by atoms with van der Waals surface area (Å²) in [6, 6.07) is 0.421. The quantitative estimate of drug-likeness (QED) is 0.797. The van der Waals surface area contributed by atoms with E-state index < -0.39 is 0 Å². The van der Waals surface area contributed by atoms with Crippen LogP contribution >= 0.6 is 0 Å². The van der Waals surface area contributed by atoms with Crippen LogP contribution in [0.3, 0.4) is 0 Å². The summed E-state index contributed by atoms with van der Waals surface area (Å²) in [6.45, 7) is 6.57. The van der Waals surface area contributed by atoms with E-state index in [0.717, 1.165) is 45.7 Å². The standard InChI is InChI=1S/C13H24N2O2/c1-11(15-6-8-17-9-7-15)10-14-13(16)12-4-2-3-5-12/h11-12H,2-10H2,1H3,(H,14,16)/t11-/m0/s1. The second-order valence-corrected chi connectivity index (χ2v) is 5.22. The molecule has 0 bridgehead atoms. The highest BCUT2D eigenvalue weighted by Gasteiger charge is 2.23. The zero-order valence-corrected chi connectivity index (χ0v) is 10.8. The summed E-state index contributed by atoms with van der Waals surface area (Å²) >= 11 is 0. The highest BCUT2D eigenvalue weighted by Crippen LogP contribution is 2.24. The Bertz CT molecular complexity index is 246. The number of amides is 1. The summed E-state index contributed by atoms with van der Waals surface area (Å²) in [7, 11) is 0. The molecule has 0 aromatic rings. The minimum absolute atomic E-state index is 0.266. The van der Waals surface area contributed by atoms with Crippen LogP contribution in [0.4, 0.5) is 0 Å². The summed E-state index contributed by atoms with van der Waals surface area (Å²) in [4.78, 5) is 14.3. The first-order chi connectivity index (χ1) is 8.27. The Balaban J connectivity index is 1.67. The number of nitrogens with one attached hydrogen (secondary N) is 1. The van der Waals surface area contributed by atoms with Crippen LogP contribution in [-0.2, 0) is 9.53 Å². The maximum Gasteiger partial charge on any atom is 0.223 e. The average molecular weight is 240 g/mol. The van der Waals surface area contributed by atoms with Crippen molar-refractivity contribution in [2.45, 2.75) is 38.6 Å². The highest BCUT2D eigenvalue weighted by atomic mass is 16.5. The van der Waals surface area contributed by atoms with E-state index >= 15 is 0 Å². The normalized spacial score (nSPS) is 24.8. The molecule has 1 aliphatic carbocycles. The molecule has 0 spiro atoms. The largest absolute Gasteiger partial charge is 0.379 e. The van der Waals surface area contributed by atoms with Crippen molar-refractivity contribution < 1.29 is 9.53 Å². The van der Waals surface area contributed by atoms with Crippen LogP contribution in [0, 0.1) is 5.92 Å². The summed E-state index contributed by atoms with van der Waals surface area (Å²) in [5.74, 6) is 0.550. The number of rotatable bonds is 4. The van der Waals surface area contributed by atoms with Crippen molar-refractivity contribution in [1.29, 1.82) is 0 Å². The van der Waals surface area contributed by atoms with Gasteiger partial charge in [0.2, 0.25) is 5.91 Å². The van der Waals surface area contributed by atoms with Gasteiger partial charge in [0.1, 0.15) is 0 Å². The highest BCUT2D eigenvalue weighted by molar-refractivity contribution is 5.78. The molecule has 1 saturated heterocycles. The Morgan fingerprint density at radius 2 is 2.00 bits per heavy atom. The minimum atomic E-state index is 0.266. The van der Waals surface area contributed by atoms with Gasteiger partial charge in [0.15, 0.2) is 0 Å². The van der Waals surface area contributed by atoms with Gasteiger partial charge in [0, 0.05) is 31.6 Å². The third-order valence-corrected chi connectivity index (χ3v) is 3.97. The molecule has 0 aromatic heterocycles. The molecule has 2 fully saturated rings. The fourth-order valence-corrected chi connectivity index (χ4v) is 2.73. The number of hydrogen-bond acceptors (Lipinski definition) is 3. The summed E-state index contributed by atoms with van der Waals surface area (Å²) < 4.78 is 5.33. The molecule has 2 aliphatic rings. The molecule has 1 amide bonds. The molecule has 17 heavy (non-hydrogen) atoms. The van der Waals surface area contributed by atoms with Gasteiger partial charge in [-0.25, -0.2) is 0 Å². The van der Waals surface area contributed by atoms with Gasteiger partial charge in [-0.2, -0.15) is 0 Å². The van der Waals surface area contributed by atoms with Gasteiger partial charge in [0.05, 0.1) is 13.2 Å². The third kappa shape index (κ3) is 3.68.